The van der Waals surface area contributed by atoms with E-state index in [2.05, 4.69) is 23.6 Å². The van der Waals surface area contributed by atoms with Gasteiger partial charge in [0.1, 0.15) is 0 Å². The van der Waals surface area contributed by atoms with Crippen molar-refractivity contribution < 1.29 is 5.11 Å². The number of hydrogen-bond acceptors (Lipinski definition) is 4. The fourth-order valence-electron chi connectivity index (χ4n) is 2.17. The van der Waals surface area contributed by atoms with E-state index in [0.717, 1.165) is 32.1 Å². The van der Waals surface area contributed by atoms with Crippen molar-refractivity contribution in [3.05, 3.63) is 0 Å². The van der Waals surface area contributed by atoms with Crippen LogP contribution in [-0.2, 0) is 0 Å². The molecular weight excluding hydrogens is 190 g/mol. The summed E-state index contributed by atoms with van der Waals surface area (Å²) >= 11 is 0. The summed E-state index contributed by atoms with van der Waals surface area (Å²) in [6.07, 6.45) is 0. The summed E-state index contributed by atoms with van der Waals surface area (Å²) in [7, 11) is 0. The van der Waals surface area contributed by atoms with Crippen molar-refractivity contribution in [3.63, 3.8) is 0 Å². The molecule has 4 nitrogen and oxygen atoms in total. The highest BCUT2D eigenvalue weighted by atomic mass is 16.3. The molecule has 0 aromatic carbocycles. The molecule has 0 spiro atoms. The minimum absolute atomic E-state index is 0.159. The van der Waals surface area contributed by atoms with Crippen LogP contribution in [-0.4, -0.2) is 66.8 Å². The summed E-state index contributed by atoms with van der Waals surface area (Å²) < 4.78 is 0. The lowest BCUT2D eigenvalue weighted by Gasteiger charge is -2.38. The number of nitrogens with two attached hydrogens (primary N) is 1. The molecule has 0 saturated carbocycles. The summed E-state index contributed by atoms with van der Waals surface area (Å²) in [6.45, 7) is 10.7. The lowest BCUT2D eigenvalue weighted by Crippen LogP contribution is -2.53. The molecule has 1 aliphatic heterocycles. The van der Waals surface area contributed by atoms with Gasteiger partial charge in [0.05, 0.1) is 6.61 Å². The van der Waals surface area contributed by atoms with Crippen LogP contribution >= 0.6 is 0 Å². The van der Waals surface area contributed by atoms with E-state index in [1.54, 1.807) is 0 Å². The Balaban J connectivity index is 2.28. The fourth-order valence-corrected chi connectivity index (χ4v) is 2.17. The number of hydrogen-bond donors (Lipinski definition) is 2. The van der Waals surface area contributed by atoms with Crippen molar-refractivity contribution in [2.24, 2.45) is 11.7 Å². The average Bonchev–Trinajstić information content (AvgIpc) is 2.21. The van der Waals surface area contributed by atoms with Gasteiger partial charge in [-0.2, -0.15) is 0 Å². The Morgan fingerprint density at radius 1 is 1.20 bits per heavy atom. The minimum atomic E-state index is 0.159. The number of rotatable bonds is 5. The Kier molecular flexibility index (Phi) is 5.53. The van der Waals surface area contributed by atoms with E-state index in [4.69, 9.17) is 10.8 Å². The van der Waals surface area contributed by atoms with Gasteiger partial charge in [-0.15, -0.1) is 0 Å². The van der Waals surface area contributed by atoms with E-state index in [-0.39, 0.29) is 12.6 Å². The monoisotopic (exact) mass is 215 g/mol. The van der Waals surface area contributed by atoms with Gasteiger partial charge in [0.25, 0.3) is 0 Å². The Morgan fingerprint density at radius 3 is 2.20 bits per heavy atom. The molecule has 0 bridgehead atoms. The van der Waals surface area contributed by atoms with Gasteiger partial charge in [0.15, 0.2) is 0 Å². The van der Waals surface area contributed by atoms with E-state index < -0.39 is 0 Å². The molecular formula is C11H25N3O. The van der Waals surface area contributed by atoms with Gasteiger partial charge in [-0.25, -0.2) is 0 Å². The van der Waals surface area contributed by atoms with Crippen LogP contribution in [0.5, 0.6) is 0 Å². The van der Waals surface area contributed by atoms with E-state index in [9.17, 15) is 0 Å². The molecule has 0 amide bonds. The molecule has 3 N–H and O–H groups in total. The highest BCUT2D eigenvalue weighted by molar-refractivity contribution is 4.79. The number of aliphatic hydroxyl groups is 1. The molecule has 4 heteroatoms. The topological polar surface area (TPSA) is 52.7 Å². The molecule has 1 fully saturated rings. The average molecular weight is 215 g/mol. The van der Waals surface area contributed by atoms with Gasteiger partial charge >= 0.3 is 0 Å². The third-order valence-corrected chi connectivity index (χ3v) is 3.03. The SMILES string of the molecule is CC(C)CN1CCN(C(CN)CO)CC1. The summed E-state index contributed by atoms with van der Waals surface area (Å²) in [5.74, 6) is 0.736. The van der Waals surface area contributed by atoms with E-state index in [0.29, 0.717) is 6.54 Å². The Bertz CT molecular complexity index is 163. The number of piperazine rings is 1. The van der Waals surface area contributed by atoms with Gasteiger partial charge in [-0.05, 0) is 5.92 Å². The molecule has 0 aromatic heterocycles. The number of nitrogens with zero attached hydrogens (tertiary/aromatic N) is 2. The molecule has 1 heterocycles. The van der Waals surface area contributed by atoms with Crippen LogP contribution < -0.4 is 5.73 Å². The van der Waals surface area contributed by atoms with Crippen LogP contribution in [0, 0.1) is 5.92 Å². The Morgan fingerprint density at radius 2 is 1.80 bits per heavy atom. The molecule has 1 unspecified atom stereocenters. The molecule has 0 aliphatic carbocycles. The van der Waals surface area contributed by atoms with Crippen LogP contribution in [0.2, 0.25) is 0 Å². The van der Waals surface area contributed by atoms with Gasteiger partial charge in [0.2, 0.25) is 0 Å². The summed E-state index contributed by atoms with van der Waals surface area (Å²) in [4.78, 5) is 4.79. The van der Waals surface area contributed by atoms with Crippen LogP contribution in [0.15, 0.2) is 0 Å². The maximum atomic E-state index is 9.15. The highest BCUT2D eigenvalue weighted by Crippen LogP contribution is 2.07. The summed E-state index contributed by atoms with van der Waals surface area (Å²) in [5, 5.41) is 9.15. The molecule has 90 valence electrons. The van der Waals surface area contributed by atoms with Crippen molar-refractivity contribution in [1.82, 2.24) is 9.80 Å². The van der Waals surface area contributed by atoms with Crippen LogP contribution in [0.3, 0.4) is 0 Å². The zero-order chi connectivity index (χ0) is 11.3. The lowest BCUT2D eigenvalue weighted by molar-refractivity contribution is 0.0645. The number of aliphatic hydroxyl groups excluding tert-OH is 1. The normalized spacial score (nSPS) is 22.2. The first-order valence-corrected chi connectivity index (χ1v) is 5.94. The van der Waals surface area contributed by atoms with Crippen molar-refractivity contribution in [2.75, 3.05) is 45.9 Å². The minimum Gasteiger partial charge on any atom is -0.395 e. The van der Waals surface area contributed by atoms with Gasteiger partial charge in [-0.3, -0.25) is 4.90 Å². The molecule has 1 rings (SSSR count). The van der Waals surface area contributed by atoms with Crippen molar-refractivity contribution in [1.29, 1.82) is 0 Å². The second-order valence-corrected chi connectivity index (χ2v) is 4.80. The van der Waals surface area contributed by atoms with Crippen LogP contribution in [0.1, 0.15) is 13.8 Å². The quantitative estimate of drug-likeness (QED) is 0.654. The molecule has 0 aromatic rings. The van der Waals surface area contributed by atoms with Gasteiger partial charge < -0.3 is 15.7 Å². The summed E-state index contributed by atoms with van der Waals surface area (Å²) in [5.41, 5.74) is 5.61. The van der Waals surface area contributed by atoms with E-state index >= 15 is 0 Å². The zero-order valence-electron chi connectivity index (χ0n) is 10.0. The molecule has 1 saturated heterocycles. The third-order valence-electron chi connectivity index (χ3n) is 3.03. The lowest BCUT2D eigenvalue weighted by atomic mass is 10.1. The maximum absolute atomic E-state index is 9.15. The van der Waals surface area contributed by atoms with E-state index in [1.807, 2.05) is 0 Å². The standard InChI is InChI=1S/C11H25N3O/c1-10(2)8-13-3-5-14(6-4-13)11(7-12)9-15/h10-11,15H,3-9,12H2,1-2H3. The Labute approximate surface area is 93.0 Å². The van der Waals surface area contributed by atoms with Crippen molar-refractivity contribution in [3.8, 4) is 0 Å². The smallest absolute Gasteiger partial charge is 0.0599 e. The first kappa shape index (κ1) is 12.9. The predicted octanol–water partition coefficient (Wildman–Crippen LogP) is -0.420. The molecule has 15 heavy (non-hydrogen) atoms. The van der Waals surface area contributed by atoms with Crippen LogP contribution in [0.4, 0.5) is 0 Å². The third kappa shape index (κ3) is 4.07. The summed E-state index contributed by atoms with van der Waals surface area (Å²) in [6, 6.07) is 0.159. The maximum Gasteiger partial charge on any atom is 0.0599 e. The molecule has 1 atom stereocenters. The second-order valence-electron chi connectivity index (χ2n) is 4.80. The fraction of sp³-hybridized carbons (Fsp3) is 1.00. The van der Waals surface area contributed by atoms with Gasteiger partial charge in [0, 0.05) is 45.3 Å². The highest BCUT2D eigenvalue weighted by Gasteiger charge is 2.22. The van der Waals surface area contributed by atoms with Crippen LogP contribution in [0.25, 0.3) is 0 Å². The predicted molar refractivity (Wildman–Crippen MR) is 62.8 cm³/mol. The van der Waals surface area contributed by atoms with E-state index in [1.165, 1.54) is 6.54 Å². The first-order valence-electron chi connectivity index (χ1n) is 5.94. The van der Waals surface area contributed by atoms with Crippen molar-refractivity contribution in [2.45, 2.75) is 19.9 Å². The van der Waals surface area contributed by atoms with Crippen molar-refractivity contribution >= 4 is 0 Å². The molecule has 1 aliphatic rings. The zero-order valence-corrected chi connectivity index (χ0v) is 10.0. The first-order chi connectivity index (χ1) is 7.17. The Hall–Kier alpha value is -0.160. The second kappa shape index (κ2) is 6.43. The largest absolute Gasteiger partial charge is 0.395 e. The molecule has 0 radical (unpaired) electrons. The van der Waals surface area contributed by atoms with Gasteiger partial charge in [-0.1, -0.05) is 13.8 Å².